The van der Waals surface area contributed by atoms with Crippen molar-refractivity contribution in [2.24, 2.45) is 0 Å². The molecule has 4 rings (SSSR count). The molecule has 0 fully saturated rings. The van der Waals surface area contributed by atoms with Crippen LogP contribution in [0.4, 0.5) is 5.82 Å². The normalized spacial score (nSPS) is 13.8. The molecule has 0 saturated carbocycles. The summed E-state index contributed by atoms with van der Waals surface area (Å²) in [4.78, 5) is 0. The first-order chi connectivity index (χ1) is 12.5. The molecular weight excluding hydrogens is 365 g/mol. The highest BCUT2D eigenvalue weighted by molar-refractivity contribution is 6.36. The van der Waals surface area contributed by atoms with Crippen LogP contribution in [0.5, 0.6) is 0 Å². The predicted molar refractivity (Wildman–Crippen MR) is 110 cm³/mol. The van der Waals surface area contributed by atoms with Crippen LogP contribution in [-0.2, 0) is 6.42 Å². The third-order valence-electron chi connectivity index (χ3n) is 4.90. The van der Waals surface area contributed by atoms with E-state index in [1.807, 2.05) is 16.8 Å². The first-order valence-corrected chi connectivity index (χ1v) is 9.69. The van der Waals surface area contributed by atoms with Crippen molar-refractivity contribution >= 4 is 29.0 Å². The summed E-state index contributed by atoms with van der Waals surface area (Å²) in [5, 5.41) is 9.84. The maximum absolute atomic E-state index is 6.50. The Hall–Kier alpha value is -1.97. The van der Waals surface area contributed by atoms with E-state index in [0.29, 0.717) is 10.0 Å². The molecule has 134 valence electrons. The lowest BCUT2D eigenvalue weighted by molar-refractivity contribution is 0.779. The van der Waals surface area contributed by atoms with Gasteiger partial charge in [0.25, 0.3) is 0 Å². The van der Waals surface area contributed by atoms with Gasteiger partial charge in [0.1, 0.15) is 5.82 Å². The van der Waals surface area contributed by atoms with Gasteiger partial charge in [0, 0.05) is 22.7 Å². The minimum atomic E-state index is 0.634. The Bertz CT molecular complexity index is 900. The van der Waals surface area contributed by atoms with E-state index < -0.39 is 0 Å². The molecule has 1 aliphatic heterocycles. The van der Waals surface area contributed by atoms with Gasteiger partial charge in [-0.2, -0.15) is 5.10 Å². The fourth-order valence-corrected chi connectivity index (χ4v) is 4.12. The van der Waals surface area contributed by atoms with Gasteiger partial charge < -0.3 is 5.32 Å². The molecule has 0 aliphatic carbocycles. The van der Waals surface area contributed by atoms with Gasteiger partial charge in [0.15, 0.2) is 0 Å². The summed E-state index contributed by atoms with van der Waals surface area (Å²) < 4.78 is 2.04. The fraction of sp³-hybridized carbons (Fsp3) is 0.286. The average Bonchev–Trinajstić information content (AvgIpc) is 2.77. The number of nitrogens with one attached hydrogen (secondary N) is 1. The highest BCUT2D eigenvalue weighted by atomic mass is 35.5. The summed E-state index contributed by atoms with van der Waals surface area (Å²) in [7, 11) is 0. The Labute approximate surface area is 163 Å². The predicted octanol–water partition coefficient (Wildman–Crippen LogP) is 6.21. The van der Waals surface area contributed by atoms with Gasteiger partial charge in [-0.1, -0.05) is 40.9 Å². The standard InChI is InChI=1S/C21H21Cl2N3/c1-13-6-9-19(14(2)11-13)26-21-17(5-3-4-10-24-21)20(25-26)16-8-7-15(22)12-18(16)23/h6-9,11-12,24H,3-5,10H2,1-2H3. The molecule has 1 N–H and O–H groups in total. The summed E-state index contributed by atoms with van der Waals surface area (Å²) in [6, 6.07) is 12.1. The van der Waals surface area contributed by atoms with Gasteiger partial charge in [-0.25, -0.2) is 4.68 Å². The van der Waals surface area contributed by atoms with Crippen LogP contribution in [0.25, 0.3) is 16.9 Å². The maximum atomic E-state index is 6.50. The van der Waals surface area contributed by atoms with Crippen LogP contribution in [0, 0.1) is 13.8 Å². The first-order valence-electron chi connectivity index (χ1n) is 8.93. The SMILES string of the molecule is Cc1ccc(-n2nc(-c3ccc(Cl)cc3Cl)c3c2NCCCC3)c(C)c1. The van der Waals surface area contributed by atoms with Crippen LogP contribution < -0.4 is 5.32 Å². The topological polar surface area (TPSA) is 29.9 Å². The zero-order valence-corrected chi connectivity index (χ0v) is 16.5. The molecule has 0 radical (unpaired) electrons. The third kappa shape index (κ3) is 3.10. The Morgan fingerprint density at radius 1 is 1.04 bits per heavy atom. The summed E-state index contributed by atoms with van der Waals surface area (Å²) in [6.45, 7) is 5.19. The molecule has 1 aliphatic rings. The van der Waals surface area contributed by atoms with Crippen LogP contribution in [-0.4, -0.2) is 16.3 Å². The molecule has 3 aromatic rings. The van der Waals surface area contributed by atoms with Crippen LogP contribution >= 0.6 is 23.2 Å². The molecule has 0 amide bonds. The van der Waals surface area contributed by atoms with Crippen molar-refractivity contribution in [1.29, 1.82) is 0 Å². The molecular formula is C21H21Cl2N3. The van der Waals surface area contributed by atoms with Crippen LogP contribution in [0.15, 0.2) is 36.4 Å². The lowest BCUT2D eigenvalue weighted by atomic mass is 10.0. The van der Waals surface area contributed by atoms with E-state index in [-0.39, 0.29) is 0 Å². The lowest BCUT2D eigenvalue weighted by Gasteiger charge is -2.12. The number of benzene rings is 2. The molecule has 26 heavy (non-hydrogen) atoms. The fourth-order valence-electron chi connectivity index (χ4n) is 3.62. The Kier molecular flexibility index (Phi) is 4.68. The third-order valence-corrected chi connectivity index (χ3v) is 5.44. The molecule has 3 nitrogen and oxygen atoms in total. The van der Waals surface area contributed by atoms with Crippen LogP contribution in [0.3, 0.4) is 0 Å². The van der Waals surface area contributed by atoms with E-state index in [9.17, 15) is 0 Å². The van der Waals surface area contributed by atoms with Crippen molar-refractivity contribution < 1.29 is 0 Å². The van der Waals surface area contributed by atoms with E-state index >= 15 is 0 Å². The monoisotopic (exact) mass is 385 g/mol. The number of rotatable bonds is 2. The van der Waals surface area contributed by atoms with E-state index in [2.05, 4.69) is 37.4 Å². The molecule has 0 bridgehead atoms. The maximum Gasteiger partial charge on any atom is 0.133 e. The summed E-state index contributed by atoms with van der Waals surface area (Å²) in [5.74, 6) is 1.08. The van der Waals surface area contributed by atoms with Crippen LogP contribution in [0.1, 0.15) is 29.5 Å². The van der Waals surface area contributed by atoms with Gasteiger partial charge in [-0.3, -0.25) is 0 Å². The van der Waals surface area contributed by atoms with E-state index in [1.165, 1.54) is 16.7 Å². The number of fused-ring (bicyclic) bond motifs is 1. The lowest BCUT2D eigenvalue weighted by Crippen LogP contribution is -2.08. The Balaban J connectivity index is 1.95. The molecule has 0 unspecified atom stereocenters. The highest BCUT2D eigenvalue weighted by Gasteiger charge is 2.23. The first kappa shape index (κ1) is 17.4. The second kappa shape index (κ2) is 6.98. The molecule has 2 aromatic carbocycles. The minimum absolute atomic E-state index is 0.634. The Morgan fingerprint density at radius 2 is 1.88 bits per heavy atom. The smallest absolute Gasteiger partial charge is 0.133 e. The van der Waals surface area contributed by atoms with Crippen LogP contribution in [0.2, 0.25) is 10.0 Å². The van der Waals surface area contributed by atoms with Crippen molar-refractivity contribution in [2.75, 3.05) is 11.9 Å². The van der Waals surface area contributed by atoms with E-state index in [1.54, 1.807) is 6.07 Å². The van der Waals surface area contributed by atoms with Gasteiger partial charge >= 0.3 is 0 Å². The van der Waals surface area contributed by atoms with Gasteiger partial charge in [0.2, 0.25) is 0 Å². The van der Waals surface area contributed by atoms with Crippen molar-refractivity contribution in [3.05, 3.63) is 63.1 Å². The van der Waals surface area contributed by atoms with E-state index in [0.717, 1.165) is 48.6 Å². The second-order valence-electron chi connectivity index (χ2n) is 6.89. The molecule has 2 heterocycles. The molecule has 1 aromatic heterocycles. The highest BCUT2D eigenvalue weighted by Crippen LogP contribution is 2.38. The number of halogens is 2. The molecule has 5 heteroatoms. The zero-order chi connectivity index (χ0) is 18.3. The van der Waals surface area contributed by atoms with E-state index in [4.69, 9.17) is 28.3 Å². The molecule has 0 spiro atoms. The minimum Gasteiger partial charge on any atom is -0.370 e. The number of nitrogens with zero attached hydrogens (tertiary/aromatic N) is 2. The van der Waals surface area contributed by atoms with Gasteiger partial charge in [0.05, 0.1) is 16.4 Å². The number of hydrogen-bond acceptors (Lipinski definition) is 2. The molecule has 0 atom stereocenters. The van der Waals surface area contributed by atoms with Crippen molar-refractivity contribution in [2.45, 2.75) is 33.1 Å². The van der Waals surface area contributed by atoms with Crippen molar-refractivity contribution in [1.82, 2.24) is 9.78 Å². The quantitative estimate of drug-likeness (QED) is 0.567. The number of aromatic nitrogens is 2. The number of anilines is 1. The zero-order valence-electron chi connectivity index (χ0n) is 14.9. The second-order valence-corrected chi connectivity index (χ2v) is 7.73. The van der Waals surface area contributed by atoms with Crippen molar-refractivity contribution in [3.8, 4) is 16.9 Å². The van der Waals surface area contributed by atoms with Gasteiger partial charge in [-0.15, -0.1) is 0 Å². The Morgan fingerprint density at radius 3 is 2.65 bits per heavy atom. The largest absolute Gasteiger partial charge is 0.370 e. The summed E-state index contributed by atoms with van der Waals surface area (Å²) >= 11 is 12.6. The average molecular weight is 386 g/mol. The van der Waals surface area contributed by atoms with Gasteiger partial charge in [-0.05, 0) is 62.9 Å². The number of hydrogen-bond donors (Lipinski definition) is 1. The van der Waals surface area contributed by atoms with Crippen molar-refractivity contribution in [3.63, 3.8) is 0 Å². The number of aryl methyl sites for hydroxylation is 2. The summed E-state index contributed by atoms with van der Waals surface area (Å²) in [6.07, 6.45) is 3.27. The molecule has 0 saturated heterocycles. The summed E-state index contributed by atoms with van der Waals surface area (Å²) in [5.41, 5.74) is 6.65.